The molecule has 0 saturated heterocycles. The van der Waals surface area contributed by atoms with Crippen molar-refractivity contribution in [3.63, 3.8) is 0 Å². The molecule has 2 rings (SSSR count). The maximum atomic E-state index is 13.1. The molecule has 0 saturated carbocycles. The number of benzene rings is 2. The van der Waals surface area contributed by atoms with Gasteiger partial charge in [-0.1, -0.05) is 17.7 Å². The molecule has 0 atom stereocenters. The fourth-order valence-electron chi connectivity index (χ4n) is 1.26. The van der Waals surface area contributed by atoms with Crippen LogP contribution in [0.1, 0.15) is 5.56 Å². The summed E-state index contributed by atoms with van der Waals surface area (Å²) < 4.78 is 18.6. The molecule has 0 heterocycles. The van der Waals surface area contributed by atoms with Crippen LogP contribution in [0.4, 0.5) is 4.39 Å². The molecule has 0 unspecified atom stereocenters. The molecule has 2 aromatic carbocycles. The Balaban J connectivity index is 0.000000771. The van der Waals surface area contributed by atoms with Crippen LogP contribution in [-0.2, 0) is 22.9 Å². The minimum atomic E-state index is -0.427. The van der Waals surface area contributed by atoms with E-state index < -0.39 is 5.82 Å². The first kappa shape index (κ1) is 15.6. The Morgan fingerprint density at radius 3 is 2.50 bits per heavy atom. The zero-order valence-electron chi connectivity index (χ0n) is 9.50. The summed E-state index contributed by atoms with van der Waals surface area (Å²) in [5, 5.41) is 0.123. The number of ether oxygens (including phenoxy) is 1. The molecular weight excluding hydrogens is 372 g/mol. The van der Waals surface area contributed by atoms with E-state index in [2.05, 4.69) is 19.7 Å². The topological polar surface area (TPSA) is 9.23 Å². The van der Waals surface area contributed by atoms with Crippen LogP contribution in [0.5, 0.6) is 5.75 Å². The molecule has 0 aliphatic carbocycles. The van der Waals surface area contributed by atoms with Gasteiger partial charge in [0.25, 0.3) is 0 Å². The fourth-order valence-corrected chi connectivity index (χ4v) is 1.38. The molecule has 0 fully saturated rings. The summed E-state index contributed by atoms with van der Waals surface area (Å²) in [5.41, 5.74) is 0.745. The van der Waals surface area contributed by atoms with E-state index in [0.29, 0.717) is 6.61 Å². The van der Waals surface area contributed by atoms with Gasteiger partial charge in [0.15, 0.2) is 0 Å². The van der Waals surface area contributed by atoms with Gasteiger partial charge in [0.1, 0.15) is 12.4 Å². The van der Waals surface area contributed by atoms with Crippen molar-refractivity contribution in [3.05, 3.63) is 64.9 Å². The molecule has 0 bridgehead atoms. The minimum absolute atomic E-state index is 0.123. The maximum absolute atomic E-state index is 13.1. The van der Waals surface area contributed by atoms with Crippen LogP contribution in [0.25, 0.3) is 0 Å². The van der Waals surface area contributed by atoms with E-state index in [1.165, 1.54) is 28.5 Å². The van der Waals surface area contributed by atoms with E-state index in [9.17, 15) is 4.39 Å². The average Bonchev–Trinajstić information content (AvgIpc) is 2.44. The van der Waals surface area contributed by atoms with E-state index in [0.717, 1.165) is 11.3 Å². The Morgan fingerprint density at radius 2 is 1.89 bits per heavy atom. The number of halogens is 3. The normalized spacial score (nSPS) is 9.39. The van der Waals surface area contributed by atoms with Crippen molar-refractivity contribution in [3.8, 4) is 5.75 Å². The van der Waals surface area contributed by atoms with E-state index in [4.69, 9.17) is 16.3 Å². The summed E-state index contributed by atoms with van der Waals surface area (Å²) in [6, 6.07) is 14.6. The van der Waals surface area contributed by atoms with Gasteiger partial charge >= 0.3 is 30.0 Å². The van der Waals surface area contributed by atoms with Crippen LogP contribution >= 0.6 is 25.2 Å². The Hall–Kier alpha value is -0.437. The number of hydrogen-bond donors (Lipinski definition) is 0. The zero-order valence-corrected chi connectivity index (χ0v) is 14.8. The quantitative estimate of drug-likeness (QED) is 0.554. The van der Waals surface area contributed by atoms with Crippen LogP contribution in [0, 0.1) is 11.9 Å². The first-order valence-electron chi connectivity index (χ1n) is 5.05. The Morgan fingerprint density at radius 1 is 1.22 bits per heavy atom. The van der Waals surface area contributed by atoms with Crippen molar-refractivity contribution in [2.45, 2.75) is 6.61 Å². The van der Waals surface area contributed by atoms with Crippen LogP contribution in [0.15, 0.2) is 42.5 Å². The molecule has 0 radical (unpaired) electrons. The molecule has 0 N–H and O–H groups in total. The van der Waals surface area contributed by atoms with Crippen LogP contribution in [0.3, 0.4) is 0 Å². The third kappa shape index (κ3) is 5.05. The van der Waals surface area contributed by atoms with Gasteiger partial charge in [0.2, 0.25) is 0 Å². The van der Waals surface area contributed by atoms with E-state index in [1.807, 2.05) is 0 Å². The second-order valence-electron chi connectivity index (χ2n) is 3.27. The Bertz CT molecular complexity index is 482. The number of hydrogen-bond acceptors (Lipinski definition) is 1. The summed E-state index contributed by atoms with van der Waals surface area (Å²) >= 11 is 9.83. The second kappa shape index (κ2) is 8.63. The molecule has 5 heteroatoms. The molecule has 18 heavy (non-hydrogen) atoms. The molecule has 90 valence electrons. The summed E-state index contributed by atoms with van der Waals surface area (Å²) in [7, 11) is 0. The van der Waals surface area contributed by atoms with Crippen molar-refractivity contribution in [1.29, 1.82) is 0 Å². The molecule has 1 nitrogen and oxygen atoms in total. The fraction of sp³-hybridized carbons (Fsp3) is 0.0769. The number of rotatable bonds is 3. The first-order chi connectivity index (χ1) is 8.75. The third-order valence-electron chi connectivity index (χ3n) is 2.08. The van der Waals surface area contributed by atoms with Crippen molar-refractivity contribution >= 4 is 25.2 Å². The molecule has 0 amide bonds. The van der Waals surface area contributed by atoms with Crippen molar-refractivity contribution in [1.82, 2.24) is 0 Å². The van der Waals surface area contributed by atoms with Crippen LogP contribution < -0.4 is 4.74 Å². The van der Waals surface area contributed by atoms with Gasteiger partial charge in [-0.05, 0) is 17.7 Å². The molecule has 0 aromatic heterocycles. The predicted octanol–water partition coefficient (Wildman–Crippen LogP) is 4.70. The van der Waals surface area contributed by atoms with Crippen LogP contribution in [0.2, 0.25) is 5.02 Å². The van der Waals surface area contributed by atoms with Gasteiger partial charge in [0.05, 0.1) is 5.02 Å². The van der Waals surface area contributed by atoms with Gasteiger partial charge < -0.3 is 4.74 Å². The van der Waals surface area contributed by atoms with E-state index in [-0.39, 0.29) is 5.02 Å². The second-order valence-corrected chi connectivity index (χ2v) is 3.68. The van der Waals surface area contributed by atoms with E-state index >= 15 is 0 Å². The molecule has 2 aromatic rings. The van der Waals surface area contributed by atoms with Gasteiger partial charge in [-0.3, -0.25) is 0 Å². The molecular formula is C13H9BrClFOZn. The monoisotopic (exact) mass is 378 g/mol. The molecule has 0 aliphatic rings. The first-order valence-corrected chi connectivity index (χ1v) is 12.4. The van der Waals surface area contributed by atoms with E-state index in [1.54, 1.807) is 30.3 Å². The van der Waals surface area contributed by atoms with Gasteiger partial charge in [-0.15, -0.1) is 12.1 Å². The van der Waals surface area contributed by atoms with Gasteiger partial charge in [-0.25, -0.2) is 4.39 Å². The molecule has 0 aliphatic heterocycles. The summed E-state index contributed by atoms with van der Waals surface area (Å²) in [4.78, 5) is 0. The Labute approximate surface area is 127 Å². The summed E-state index contributed by atoms with van der Waals surface area (Å²) in [6.45, 7) is 0.318. The zero-order chi connectivity index (χ0) is 13.4. The standard InChI is InChI=1S/C13H9ClFO.BrH.Zn/c14-12-7-6-10(8-13(12)15)9-16-11-4-2-1-3-5-11;;/h2-8H,9H2;1H;/q-1;;+2/p-1. The predicted molar refractivity (Wildman–Crippen MR) is 69.9 cm³/mol. The Kier molecular flexibility index (Phi) is 7.49. The van der Waals surface area contributed by atoms with Crippen molar-refractivity contribution in [2.24, 2.45) is 0 Å². The summed E-state index contributed by atoms with van der Waals surface area (Å²) in [6.07, 6.45) is 0. The van der Waals surface area contributed by atoms with Gasteiger partial charge in [-0.2, -0.15) is 18.2 Å². The van der Waals surface area contributed by atoms with Crippen LogP contribution in [-0.4, -0.2) is 0 Å². The van der Waals surface area contributed by atoms with Crippen molar-refractivity contribution < 1.29 is 25.5 Å². The van der Waals surface area contributed by atoms with Crippen molar-refractivity contribution in [2.75, 3.05) is 0 Å². The summed E-state index contributed by atoms with van der Waals surface area (Å²) in [5.74, 6) is 0.304. The third-order valence-corrected chi connectivity index (χ3v) is 2.38. The molecule has 0 spiro atoms. The van der Waals surface area contributed by atoms with Gasteiger partial charge in [0, 0.05) is 5.75 Å². The SMILES string of the molecule is Fc1cc(COc2cc[c-]cc2)ccc1Cl.[Zn+][Br]. The average molecular weight is 381 g/mol.